The summed E-state index contributed by atoms with van der Waals surface area (Å²) in [6, 6.07) is 9.50. The molecule has 1 aromatic carbocycles. The minimum atomic E-state index is -0.344. The zero-order valence-electron chi connectivity index (χ0n) is 17.3. The van der Waals surface area contributed by atoms with Crippen molar-refractivity contribution in [3.63, 3.8) is 0 Å². The van der Waals surface area contributed by atoms with E-state index in [4.69, 9.17) is 15.4 Å². The monoisotopic (exact) mass is 398 g/mol. The molecular formula is C25H26N4O. The predicted molar refractivity (Wildman–Crippen MR) is 115 cm³/mol. The van der Waals surface area contributed by atoms with Gasteiger partial charge in [-0.15, -0.1) is 0 Å². The van der Waals surface area contributed by atoms with Gasteiger partial charge in [0.05, 0.1) is 29.5 Å². The fraction of sp³-hybridized carbons (Fsp3) is 0.520. The summed E-state index contributed by atoms with van der Waals surface area (Å²) in [6.45, 7) is 2.08. The highest BCUT2D eigenvalue weighted by atomic mass is 16.2. The highest BCUT2D eigenvalue weighted by Crippen LogP contribution is 2.63. The Kier molecular flexibility index (Phi) is 3.84. The Labute approximate surface area is 177 Å². The van der Waals surface area contributed by atoms with E-state index in [0.29, 0.717) is 5.56 Å². The molecule has 2 heterocycles. The van der Waals surface area contributed by atoms with Crippen LogP contribution in [0, 0.1) is 34.5 Å². The second-order valence-corrected chi connectivity index (χ2v) is 10.1. The summed E-state index contributed by atoms with van der Waals surface area (Å²) in [5, 5.41) is 15.4. The maximum Gasteiger partial charge on any atom is 0.251 e. The van der Waals surface area contributed by atoms with Gasteiger partial charge in [0, 0.05) is 0 Å². The van der Waals surface area contributed by atoms with Gasteiger partial charge in [-0.1, -0.05) is 12.1 Å². The topological polar surface area (TPSA) is 68.8 Å². The molecule has 1 atom stereocenters. The van der Waals surface area contributed by atoms with Crippen molar-refractivity contribution in [3.05, 3.63) is 47.0 Å². The van der Waals surface area contributed by atoms with Gasteiger partial charge >= 0.3 is 0 Å². The number of rotatable bonds is 2. The summed E-state index contributed by atoms with van der Waals surface area (Å²) in [4.78, 5) is 17.8. The number of hydrogen-bond acceptors (Lipinski definition) is 4. The van der Waals surface area contributed by atoms with Crippen LogP contribution < -0.4 is 0 Å². The van der Waals surface area contributed by atoms with Crippen molar-refractivity contribution in [2.24, 2.45) is 33.3 Å². The Morgan fingerprint density at radius 3 is 2.30 bits per heavy atom. The van der Waals surface area contributed by atoms with Crippen molar-refractivity contribution in [2.45, 2.75) is 58.0 Å². The first-order valence-corrected chi connectivity index (χ1v) is 11.2. The van der Waals surface area contributed by atoms with Crippen LogP contribution in [0.1, 0.15) is 63.0 Å². The van der Waals surface area contributed by atoms with Crippen LogP contribution in [-0.4, -0.2) is 28.5 Å². The number of carbonyl (C=O) groups is 1. The van der Waals surface area contributed by atoms with Gasteiger partial charge in [-0.05, 0) is 98.0 Å². The average molecular weight is 399 g/mol. The molecule has 7 rings (SSSR count). The second kappa shape index (κ2) is 6.38. The van der Waals surface area contributed by atoms with Gasteiger partial charge in [0.25, 0.3) is 5.91 Å². The molecule has 1 amide bonds. The van der Waals surface area contributed by atoms with Crippen LogP contribution in [0.2, 0.25) is 0 Å². The number of allylic oxidation sites excluding steroid dienone is 1. The van der Waals surface area contributed by atoms with Crippen LogP contribution in [0.3, 0.4) is 0 Å². The first-order chi connectivity index (χ1) is 14.5. The van der Waals surface area contributed by atoms with Gasteiger partial charge in [0.15, 0.2) is 6.17 Å². The molecule has 4 aliphatic carbocycles. The molecule has 152 valence electrons. The molecule has 0 N–H and O–H groups in total. The molecule has 1 unspecified atom stereocenters. The Hall–Kier alpha value is -2.74. The Morgan fingerprint density at radius 2 is 1.70 bits per heavy atom. The van der Waals surface area contributed by atoms with Crippen molar-refractivity contribution < 1.29 is 4.79 Å². The van der Waals surface area contributed by atoms with Gasteiger partial charge in [-0.2, -0.15) is 10.4 Å². The first kappa shape index (κ1) is 18.1. The molecule has 30 heavy (non-hydrogen) atoms. The number of carbonyl (C=O) groups excluding carboxylic acids is 1. The molecule has 5 nitrogen and oxygen atoms in total. The molecule has 6 aliphatic rings. The smallest absolute Gasteiger partial charge is 0.251 e. The fourth-order valence-corrected chi connectivity index (χ4v) is 7.25. The van der Waals surface area contributed by atoms with Gasteiger partial charge < -0.3 is 0 Å². The standard InChI is InChI=1S/C25H26N4O/c1-15-21(25-11-17-6-18(12-25)8-19(7-17)13-25)9-23-27-22(10-24(30)29(23)28-15)20-4-2-16(14-26)3-5-20/h2-5,9,17-19,23H,6-8,10-13H2,1H3. The third-order valence-electron chi connectivity index (χ3n) is 8.03. The number of hydrogen-bond donors (Lipinski definition) is 0. The van der Waals surface area contributed by atoms with Crippen LogP contribution in [0.4, 0.5) is 0 Å². The number of benzene rings is 1. The molecular weight excluding hydrogens is 372 g/mol. The quantitative estimate of drug-likeness (QED) is 0.739. The van der Waals surface area contributed by atoms with E-state index in [1.54, 1.807) is 17.1 Å². The molecule has 4 saturated carbocycles. The third-order valence-corrected chi connectivity index (χ3v) is 8.03. The van der Waals surface area contributed by atoms with E-state index >= 15 is 0 Å². The van der Waals surface area contributed by atoms with Crippen molar-refractivity contribution in [3.8, 4) is 6.07 Å². The van der Waals surface area contributed by atoms with E-state index in [1.807, 2.05) is 12.1 Å². The molecule has 2 aliphatic heterocycles. The first-order valence-electron chi connectivity index (χ1n) is 11.2. The number of nitrogens with zero attached hydrogens (tertiary/aromatic N) is 4. The van der Waals surface area contributed by atoms with E-state index < -0.39 is 0 Å². The van der Waals surface area contributed by atoms with Crippen molar-refractivity contribution in [1.29, 1.82) is 5.26 Å². The number of aliphatic imine (C=N–C) groups is 1. The number of nitriles is 1. The predicted octanol–water partition coefficient (Wildman–Crippen LogP) is 4.44. The van der Waals surface area contributed by atoms with E-state index in [2.05, 4.69) is 19.1 Å². The molecule has 0 spiro atoms. The summed E-state index contributed by atoms with van der Waals surface area (Å²) in [6.07, 6.45) is 10.2. The third kappa shape index (κ3) is 2.70. The lowest BCUT2D eigenvalue weighted by atomic mass is 9.47. The van der Waals surface area contributed by atoms with Crippen molar-refractivity contribution in [2.75, 3.05) is 0 Å². The minimum Gasteiger partial charge on any atom is -0.272 e. The van der Waals surface area contributed by atoms with E-state index in [1.165, 1.54) is 44.1 Å². The summed E-state index contributed by atoms with van der Waals surface area (Å²) in [7, 11) is 0. The molecule has 1 aromatic rings. The highest BCUT2D eigenvalue weighted by molar-refractivity contribution is 6.13. The second-order valence-electron chi connectivity index (χ2n) is 10.1. The van der Waals surface area contributed by atoms with Gasteiger partial charge in [-0.25, -0.2) is 5.01 Å². The van der Waals surface area contributed by atoms with Crippen molar-refractivity contribution in [1.82, 2.24) is 5.01 Å². The summed E-state index contributed by atoms with van der Waals surface area (Å²) in [5.41, 5.74) is 4.95. The molecule has 0 radical (unpaired) electrons. The Morgan fingerprint density at radius 1 is 1.07 bits per heavy atom. The summed E-state index contributed by atoms with van der Waals surface area (Å²) >= 11 is 0. The lowest BCUT2D eigenvalue weighted by Gasteiger charge is -2.58. The zero-order valence-corrected chi connectivity index (χ0v) is 17.3. The van der Waals surface area contributed by atoms with Crippen LogP contribution in [0.25, 0.3) is 0 Å². The van der Waals surface area contributed by atoms with Crippen LogP contribution in [0.5, 0.6) is 0 Å². The zero-order chi connectivity index (χ0) is 20.5. The van der Waals surface area contributed by atoms with Gasteiger partial charge in [-0.3, -0.25) is 9.79 Å². The molecule has 0 aromatic heterocycles. The molecule has 0 saturated heterocycles. The average Bonchev–Trinajstić information content (AvgIpc) is 2.73. The Bertz CT molecular complexity index is 1020. The number of amides is 1. The molecule has 4 fully saturated rings. The van der Waals surface area contributed by atoms with E-state index in [9.17, 15) is 4.79 Å². The maximum atomic E-state index is 12.9. The maximum absolute atomic E-state index is 12.9. The van der Waals surface area contributed by atoms with Crippen LogP contribution in [0.15, 0.2) is 46.0 Å². The number of hydrazone groups is 1. The minimum absolute atomic E-state index is 0.00507. The van der Waals surface area contributed by atoms with Gasteiger partial charge in [0.2, 0.25) is 0 Å². The lowest BCUT2D eigenvalue weighted by Crippen LogP contribution is -2.50. The fourth-order valence-electron chi connectivity index (χ4n) is 7.25. The Balaban J connectivity index is 1.37. The number of fused-ring (bicyclic) bond motifs is 1. The van der Waals surface area contributed by atoms with Crippen LogP contribution >= 0.6 is 0 Å². The molecule has 4 bridgehead atoms. The molecule has 5 heteroatoms. The largest absolute Gasteiger partial charge is 0.272 e. The normalized spacial score (nSPS) is 36.6. The lowest BCUT2D eigenvalue weighted by molar-refractivity contribution is -0.132. The van der Waals surface area contributed by atoms with Crippen LogP contribution in [-0.2, 0) is 4.79 Å². The summed E-state index contributed by atoms with van der Waals surface area (Å²) < 4.78 is 0. The SMILES string of the molecule is CC1=NN2C(=O)CC(c3ccc(C#N)cc3)=NC2C=C1C12CC3CC(CC(C3)C1)C2. The summed E-state index contributed by atoms with van der Waals surface area (Å²) in [5.74, 6) is 2.60. The highest BCUT2D eigenvalue weighted by Gasteiger charge is 2.53. The van der Waals surface area contributed by atoms with E-state index in [0.717, 1.165) is 34.7 Å². The van der Waals surface area contributed by atoms with Crippen molar-refractivity contribution >= 4 is 17.3 Å². The van der Waals surface area contributed by atoms with Gasteiger partial charge in [0.1, 0.15) is 0 Å². The van der Waals surface area contributed by atoms with E-state index in [-0.39, 0.29) is 23.9 Å².